The van der Waals surface area contributed by atoms with Crippen LogP contribution in [0.4, 0.5) is 10.1 Å². The molecule has 0 fully saturated rings. The van der Waals surface area contributed by atoms with Gasteiger partial charge in [-0.05, 0) is 54.7 Å². The van der Waals surface area contributed by atoms with Gasteiger partial charge in [0.1, 0.15) is 5.82 Å². The molecule has 1 aliphatic carbocycles. The molecule has 1 N–H and O–H groups in total. The molecule has 1 aliphatic rings. The summed E-state index contributed by atoms with van der Waals surface area (Å²) in [6.07, 6.45) is 2.18. The second kappa shape index (κ2) is 4.45. The van der Waals surface area contributed by atoms with Crippen molar-refractivity contribution in [3.8, 4) is 0 Å². The van der Waals surface area contributed by atoms with Crippen molar-refractivity contribution in [3.63, 3.8) is 0 Å². The molecular weight excluding hydrogens is 225 g/mol. The van der Waals surface area contributed by atoms with Gasteiger partial charge in [0, 0.05) is 5.69 Å². The zero-order chi connectivity index (χ0) is 12.5. The second-order valence-electron chi connectivity index (χ2n) is 4.95. The lowest BCUT2D eigenvalue weighted by Gasteiger charge is -2.16. The highest BCUT2D eigenvalue weighted by molar-refractivity contribution is 5.50. The van der Waals surface area contributed by atoms with E-state index in [2.05, 4.69) is 29.6 Å². The topological polar surface area (TPSA) is 12.0 Å². The van der Waals surface area contributed by atoms with Crippen LogP contribution >= 0.6 is 0 Å². The van der Waals surface area contributed by atoms with E-state index in [0.717, 1.165) is 24.1 Å². The highest BCUT2D eigenvalue weighted by Crippen LogP contribution is 2.33. The molecule has 0 saturated heterocycles. The molecule has 0 spiro atoms. The summed E-state index contributed by atoms with van der Waals surface area (Å²) < 4.78 is 13.4. The maximum atomic E-state index is 13.4. The van der Waals surface area contributed by atoms with Crippen LogP contribution in [0.25, 0.3) is 0 Å². The first-order valence-electron chi connectivity index (χ1n) is 6.34. The van der Waals surface area contributed by atoms with E-state index in [-0.39, 0.29) is 5.82 Å². The summed E-state index contributed by atoms with van der Waals surface area (Å²) in [5, 5.41) is 3.44. The van der Waals surface area contributed by atoms with Crippen LogP contribution in [-0.2, 0) is 6.42 Å². The van der Waals surface area contributed by atoms with Crippen molar-refractivity contribution < 1.29 is 4.39 Å². The number of benzene rings is 2. The number of anilines is 1. The van der Waals surface area contributed by atoms with E-state index >= 15 is 0 Å². The normalized spacial score (nSPS) is 17.6. The molecule has 0 aliphatic heterocycles. The van der Waals surface area contributed by atoms with Crippen molar-refractivity contribution in [2.45, 2.75) is 25.8 Å². The quantitative estimate of drug-likeness (QED) is 0.829. The summed E-state index contributed by atoms with van der Waals surface area (Å²) in [7, 11) is 0. The first kappa shape index (κ1) is 11.3. The van der Waals surface area contributed by atoms with Gasteiger partial charge in [-0.3, -0.25) is 0 Å². The third-order valence-electron chi connectivity index (χ3n) is 3.52. The first-order chi connectivity index (χ1) is 8.72. The van der Waals surface area contributed by atoms with Crippen molar-refractivity contribution >= 4 is 5.69 Å². The molecule has 0 saturated carbocycles. The number of fused-ring (bicyclic) bond motifs is 1. The maximum absolute atomic E-state index is 13.4. The van der Waals surface area contributed by atoms with E-state index in [1.807, 2.05) is 13.0 Å². The zero-order valence-corrected chi connectivity index (χ0v) is 10.4. The lowest BCUT2D eigenvalue weighted by molar-refractivity contribution is 0.626. The van der Waals surface area contributed by atoms with Gasteiger partial charge in [-0.15, -0.1) is 0 Å². The summed E-state index contributed by atoms with van der Waals surface area (Å²) in [5.74, 6) is -0.177. The molecule has 1 unspecified atom stereocenters. The zero-order valence-electron chi connectivity index (χ0n) is 10.4. The molecule has 18 heavy (non-hydrogen) atoms. The monoisotopic (exact) mass is 241 g/mol. The van der Waals surface area contributed by atoms with Gasteiger partial charge < -0.3 is 5.32 Å². The van der Waals surface area contributed by atoms with E-state index in [0.29, 0.717) is 6.04 Å². The number of halogens is 1. The Bertz CT molecular complexity index is 557. The molecule has 2 aromatic rings. The molecule has 3 rings (SSSR count). The fraction of sp³-hybridized carbons (Fsp3) is 0.250. The predicted octanol–water partition coefficient (Wildman–Crippen LogP) is 4.23. The molecule has 0 amide bonds. The van der Waals surface area contributed by atoms with Crippen LogP contribution in [0.2, 0.25) is 0 Å². The minimum absolute atomic E-state index is 0.177. The van der Waals surface area contributed by atoms with Crippen molar-refractivity contribution in [2.75, 3.05) is 5.32 Å². The Morgan fingerprint density at radius 1 is 1.17 bits per heavy atom. The van der Waals surface area contributed by atoms with Gasteiger partial charge in [0.25, 0.3) is 0 Å². The first-order valence-corrected chi connectivity index (χ1v) is 6.34. The summed E-state index contributed by atoms with van der Waals surface area (Å²) in [6.45, 7) is 1.91. The summed E-state index contributed by atoms with van der Waals surface area (Å²) in [5.41, 5.74) is 4.57. The predicted molar refractivity (Wildman–Crippen MR) is 72.3 cm³/mol. The largest absolute Gasteiger partial charge is 0.378 e. The molecule has 2 heteroatoms. The minimum atomic E-state index is -0.177. The van der Waals surface area contributed by atoms with Crippen LogP contribution in [0.3, 0.4) is 0 Å². The fourth-order valence-corrected chi connectivity index (χ4v) is 2.73. The van der Waals surface area contributed by atoms with Gasteiger partial charge >= 0.3 is 0 Å². The Morgan fingerprint density at radius 2 is 2.00 bits per heavy atom. The molecule has 1 nitrogen and oxygen atoms in total. The molecular formula is C16H16FN. The van der Waals surface area contributed by atoms with Crippen LogP contribution in [0, 0.1) is 12.7 Å². The minimum Gasteiger partial charge on any atom is -0.378 e. The third kappa shape index (κ3) is 2.10. The number of hydrogen-bond acceptors (Lipinski definition) is 1. The number of aryl methyl sites for hydroxylation is 2. The van der Waals surface area contributed by atoms with Crippen molar-refractivity contribution in [1.29, 1.82) is 0 Å². The third-order valence-corrected chi connectivity index (χ3v) is 3.52. The Hall–Kier alpha value is -1.83. The molecule has 0 bridgehead atoms. The van der Waals surface area contributed by atoms with Crippen molar-refractivity contribution in [3.05, 3.63) is 65.0 Å². The Kier molecular flexibility index (Phi) is 2.78. The van der Waals surface area contributed by atoms with Gasteiger partial charge in [0.15, 0.2) is 0 Å². The number of nitrogens with one attached hydrogen (secondary N) is 1. The van der Waals surface area contributed by atoms with Crippen LogP contribution in [0.1, 0.15) is 29.2 Å². The Labute approximate surface area is 107 Å². The average Bonchev–Trinajstić information content (AvgIpc) is 2.72. The summed E-state index contributed by atoms with van der Waals surface area (Å²) in [4.78, 5) is 0. The van der Waals surface area contributed by atoms with Crippen molar-refractivity contribution in [1.82, 2.24) is 0 Å². The highest BCUT2D eigenvalue weighted by Gasteiger charge is 2.21. The lowest BCUT2D eigenvalue weighted by atomic mass is 10.1. The van der Waals surface area contributed by atoms with Gasteiger partial charge in [-0.25, -0.2) is 4.39 Å². The van der Waals surface area contributed by atoms with Crippen molar-refractivity contribution in [2.24, 2.45) is 0 Å². The number of hydrogen-bond donors (Lipinski definition) is 1. The van der Waals surface area contributed by atoms with E-state index in [4.69, 9.17) is 0 Å². The van der Waals surface area contributed by atoms with E-state index in [9.17, 15) is 4.39 Å². The van der Waals surface area contributed by atoms with Crippen LogP contribution in [0.5, 0.6) is 0 Å². The smallest absolute Gasteiger partial charge is 0.125 e. The van der Waals surface area contributed by atoms with Crippen LogP contribution in [0.15, 0.2) is 42.5 Å². The van der Waals surface area contributed by atoms with Gasteiger partial charge in [0.05, 0.1) is 6.04 Å². The maximum Gasteiger partial charge on any atom is 0.125 e. The summed E-state index contributed by atoms with van der Waals surface area (Å²) >= 11 is 0. The molecule has 0 aromatic heterocycles. The van der Waals surface area contributed by atoms with E-state index in [1.165, 1.54) is 11.1 Å². The lowest BCUT2D eigenvalue weighted by Crippen LogP contribution is -2.07. The van der Waals surface area contributed by atoms with Crippen LogP contribution in [-0.4, -0.2) is 0 Å². The molecule has 92 valence electrons. The van der Waals surface area contributed by atoms with E-state index < -0.39 is 0 Å². The van der Waals surface area contributed by atoms with E-state index in [1.54, 1.807) is 12.1 Å². The fourth-order valence-electron chi connectivity index (χ4n) is 2.73. The van der Waals surface area contributed by atoms with Crippen LogP contribution < -0.4 is 5.32 Å². The average molecular weight is 241 g/mol. The Morgan fingerprint density at radius 3 is 2.83 bits per heavy atom. The second-order valence-corrected chi connectivity index (χ2v) is 4.95. The van der Waals surface area contributed by atoms with Gasteiger partial charge in [0.2, 0.25) is 0 Å². The SMILES string of the molecule is Cc1cc(F)cc(NC2CCc3ccccc32)c1. The molecule has 2 aromatic carbocycles. The highest BCUT2D eigenvalue weighted by atomic mass is 19.1. The van der Waals surface area contributed by atoms with Gasteiger partial charge in [-0.2, -0.15) is 0 Å². The number of rotatable bonds is 2. The molecule has 0 heterocycles. The molecule has 1 atom stereocenters. The molecule has 0 radical (unpaired) electrons. The van der Waals surface area contributed by atoms with Gasteiger partial charge in [-0.1, -0.05) is 24.3 Å². The standard InChI is InChI=1S/C16H16FN/c1-11-8-13(17)10-14(9-11)18-16-7-6-12-4-2-3-5-15(12)16/h2-5,8-10,16,18H,6-7H2,1H3. The Balaban J connectivity index is 1.86. The summed E-state index contributed by atoms with van der Waals surface area (Å²) in [6, 6.07) is 13.9.